The van der Waals surface area contributed by atoms with Crippen LogP contribution in [0.4, 0.5) is 4.79 Å². The van der Waals surface area contributed by atoms with E-state index in [-0.39, 0.29) is 41.7 Å². The van der Waals surface area contributed by atoms with Crippen LogP contribution in [-0.4, -0.2) is 91.8 Å². The molecule has 5 aromatic rings. The second-order valence-corrected chi connectivity index (χ2v) is 18.0. The standard InChI is InChI=1S/C50H60N8O6/c1-28(2)43(56-50(62)64-7)48(60)58(45-29(3)30(45)4)27-42-51-24-39(53-42)34-17-13-32(14-18-34)33-15-19-35(20-16-33)40-25-52-46(54-40)41-23-38(31(5)63-6)26-57(41)49(61)44(36-11-9-8-10-12-36)55-47(59)37-21-22-37/h8-20,24-25,28-30,37-38,41,43-45,49,61H,5,21-23,26-27H2,1-4,6-7H3,(H,51,53)(H,52,54)(H,55,59)(H,56,62)/t29-,30+,38-,41-,43-,44+,45?,49?/m0/s1. The number of aromatic amines is 2. The summed E-state index contributed by atoms with van der Waals surface area (Å²) in [6.45, 7) is 13.0. The first kappa shape index (κ1) is 44.4. The number of amides is 3. The largest absolute Gasteiger partial charge is 0.501 e. The Morgan fingerprint density at radius 1 is 0.828 bits per heavy atom. The maximum Gasteiger partial charge on any atom is 0.407 e. The second kappa shape index (κ2) is 18.8. The van der Waals surface area contributed by atoms with Crippen molar-refractivity contribution in [3.8, 4) is 33.6 Å². The van der Waals surface area contributed by atoms with E-state index in [1.54, 1.807) is 13.3 Å². The van der Waals surface area contributed by atoms with Gasteiger partial charge in [0.2, 0.25) is 11.8 Å². The van der Waals surface area contributed by atoms with Crippen LogP contribution >= 0.6 is 0 Å². The monoisotopic (exact) mass is 868 g/mol. The van der Waals surface area contributed by atoms with E-state index in [1.165, 1.54) is 7.11 Å². The fourth-order valence-electron chi connectivity index (χ4n) is 9.12. The van der Waals surface area contributed by atoms with E-state index in [1.807, 2.05) is 60.2 Å². The number of nitrogens with one attached hydrogen (secondary N) is 4. The Morgan fingerprint density at radius 3 is 1.98 bits per heavy atom. The van der Waals surface area contributed by atoms with Crippen LogP contribution in [0.1, 0.15) is 76.3 Å². The van der Waals surface area contributed by atoms with Crippen molar-refractivity contribution in [1.82, 2.24) is 40.4 Å². The molecule has 3 heterocycles. The Kier molecular flexibility index (Phi) is 13.1. The lowest BCUT2D eigenvalue weighted by atomic mass is 10.0. The van der Waals surface area contributed by atoms with Crippen LogP contribution < -0.4 is 10.6 Å². The number of hydrogen-bond donors (Lipinski definition) is 5. The van der Waals surface area contributed by atoms with Crippen molar-refractivity contribution >= 4 is 17.9 Å². The summed E-state index contributed by atoms with van der Waals surface area (Å²) in [5, 5.41) is 18.0. The van der Waals surface area contributed by atoms with Gasteiger partial charge in [-0.05, 0) is 64.8 Å². The Morgan fingerprint density at radius 2 is 1.42 bits per heavy atom. The maximum atomic E-state index is 13.9. The first-order valence-electron chi connectivity index (χ1n) is 22.3. The van der Waals surface area contributed by atoms with Crippen molar-refractivity contribution in [2.45, 2.75) is 83.9 Å². The van der Waals surface area contributed by atoms with Crippen molar-refractivity contribution in [3.05, 3.63) is 121 Å². The van der Waals surface area contributed by atoms with Gasteiger partial charge in [0.15, 0.2) is 0 Å². The Labute approximate surface area is 374 Å². The zero-order valence-corrected chi connectivity index (χ0v) is 37.5. The predicted molar refractivity (Wildman–Crippen MR) is 244 cm³/mol. The molecule has 336 valence electrons. The lowest BCUT2D eigenvalue weighted by Gasteiger charge is -2.34. The van der Waals surface area contributed by atoms with E-state index in [2.05, 4.69) is 94.5 Å². The molecule has 14 heteroatoms. The molecule has 2 aromatic heterocycles. The van der Waals surface area contributed by atoms with Crippen molar-refractivity contribution < 1.29 is 29.0 Å². The van der Waals surface area contributed by atoms with Crippen molar-refractivity contribution in [2.75, 3.05) is 20.8 Å². The highest BCUT2D eigenvalue weighted by molar-refractivity contribution is 5.86. The number of rotatable bonds is 17. The molecule has 64 heavy (non-hydrogen) atoms. The molecular weight excluding hydrogens is 809 g/mol. The third-order valence-corrected chi connectivity index (χ3v) is 13.5. The summed E-state index contributed by atoms with van der Waals surface area (Å²) in [7, 11) is 2.91. The number of imidazole rings is 2. The second-order valence-electron chi connectivity index (χ2n) is 18.0. The molecular formula is C50H60N8O6. The smallest absolute Gasteiger partial charge is 0.407 e. The highest BCUT2D eigenvalue weighted by Crippen LogP contribution is 2.44. The lowest BCUT2D eigenvalue weighted by molar-refractivity contribution is -0.136. The lowest BCUT2D eigenvalue weighted by Crippen LogP contribution is -2.52. The van der Waals surface area contributed by atoms with Gasteiger partial charge in [-0.1, -0.05) is 113 Å². The van der Waals surface area contributed by atoms with Crippen LogP contribution in [-0.2, 0) is 25.6 Å². The zero-order chi connectivity index (χ0) is 45.2. The first-order valence-corrected chi connectivity index (χ1v) is 22.3. The number of aliphatic hydroxyl groups excluding tert-OH is 1. The van der Waals surface area contributed by atoms with E-state index in [0.717, 1.165) is 52.0 Å². The molecule has 2 aliphatic carbocycles. The molecule has 0 spiro atoms. The van der Waals surface area contributed by atoms with Crippen molar-refractivity contribution in [1.29, 1.82) is 0 Å². The number of likely N-dealkylation sites (tertiary alicyclic amines) is 1. The van der Waals surface area contributed by atoms with Gasteiger partial charge < -0.3 is 40.1 Å². The summed E-state index contributed by atoms with van der Waals surface area (Å²) in [6.07, 6.45) is 4.33. The van der Waals surface area contributed by atoms with Gasteiger partial charge >= 0.3 is 6.09 Å². The molecule has 14 nitrogen and oxygen atoms in total. The molecule has 5 N–H and O–H groups in total. The molecule has 2 unspecified atom stereocenters. The van der Waals surface area contributed by atoms with Gasteiger partial charge in [0, 0.05) is 24.4 Å². The topological polar surface area (TPSA) is 178 Å². The quantitative estimate of drug-likeness (QED) is 0.0589. The highest BCUT2D eigenvalue weighted by atomic mass is 16.5. The summed E-state index contributed by atoms with van der Waals surface area (Å²) in [5.74, 6) is 2.35. The van der Waals surface area contributed by atoms with Gasteiger partial charge in [-0.2, -0.15) is 0 Å². The molecule has 3 fully saturated rings. The summed E-state index contributed by atoms with van der Waals surface area (Å²) >= 11 is 0. The van der Waals surface area contributed by atoms with Gasteiger partial charge in [-0.25, -0.2) is 14.8 Å². The minimum atomic E-state index is -1.03. The van der Waals surface area contributed by atoms with Gasteiger partial charge in [0.05, 0.1) is 62.4 Å². The minimum Gasteiger partial charge on any atom is -0.501 e. The predicted octanol–water partition coefficient (Wildman–Crippen LogP) is 7.61. The molecule has 3 aliphatic rings. The third-order valence-electron chi connectivity index (χ3n) is 13.5. The minimum absolute atomic E-state index is 0.00489. The molecule has 8 rings (SSSR count). The molecule has 1 aliphatic heterocycles. The zero-order valence-electron chi connectivity index (χ0n) is 37.5. The Balaban J connectivity index is 0.952. The number of carbonyl (C=O) groups is 3. The number of methoxy groups -OCH3 is 2. The van der Waals surface area contributed by atoms with E-state index in [4.69, 9.17) is 14.5 Å². The summed E-state index contributed by atoms with van der Waals surface area (Å²) in [5.41, 5.74) is 6.55. The van der Waals surface area contributed by atoms with Crippen molar-refractivity contribution in [2.24, 2.45) is 29.6 Å². The Bertz CT molecular complexity index is 2420. The van der Waals surface area contributed by atoms with Crippen LogP contribution in [0, 0.1) is 29.6 Å². The molecule has 3 amide bonds. The number of hydrogen-bond acceptors (Lipinski definition) is 9. The fourth-order valence-corrected chi connectivity index (χ4v) is 9.12. The molecule has 8 atom stereocenters. The number of aromatic nitrogens is 4. The Hall–Kier alpha value is -6.25. The first-order chi connectivity index (χ1) is 30.8. The van der Waals surface area contributed by atoms with E-state index < -0.39 is 24.4 Å². The fraction of sp³-hybridized carbons (Fsp3) is 0.420. The van der Waals surface area contributed by atoms with Gasteiger partial charge in [0.1, 0.15) is 23.9 Å². The van der Waals surface area contributed by atoms with Crippen LogP contribution in [0.15, 0.2) is 104 Å². The molecule has 1 saturated heterocycles. The van der Waals surface area contributed by atoms with E-state index >= 15 is 0 Å². The molecule has 0 radical (unpaired) electrons. The number of aliphatic hydroxyl groups is 1. The van der Waals surface area contributed by atoms with Gasteiger partial charge in [-0.3, -0.25) is 14.5 Å². The van der Waals surface area contributed by atoms with Crippen molar-refractivity contribution in [3.63, 3.8) is 0 Å². The molecule has 0 bridgehead atoms. The number of carbonyl (C=O) groups excluding carboxylic acids is 3. The number of benzene rings is 3. The number of H-pyrrole nitrogens is 2. The van der Waals surface area contributed by atoms with Crippen LogP contribution in [0.3, 0.4) is 0 Å². The average Bonchev–Trinajstić information content (AvgIpc) is 3.98. The van der Waals surface area contributed by atoms with Gasteiger partial charge in [-0.15, -0.1) is 0 Å². The van der Waals surface area contributed by atoms with Crippen LogP contribution in [0.2, 0.25) is 0 Å². The SMILES string of the molecule is C=C(OC)[C@H]1C[C@@H](c2ncc(-c3ccc(-c4ccc(-c5cnc(CN(C(=O)[C@@H](NC(=O)OC)C(C)C)C6[C@@H](C)[C@H]6C)[nH]5)cc4)cc3)[nH]2)N(C(O)[C@H](NC(=O)C2CC2)c2ccccc2)C1. The molecule has 3 aromatic carbocycles. The van der Waals surface area contributed by atoms with E-state index in [9.17, 15) is 19.5 Å². The van der Waals surface area contributed by atoms with E-state index in [0.29, 0.717) is 48.8 Å². The number of nitrogens with zero attached hydrogens (tertiary/aromatic N) is 4. The molecule has 2 saturated carbocycles. The van der Waals surface area contributed by atoms with Crippen LogP contribution in [0.5, 0.6) is 0 Å². The summed E-state index contributed by atoms with van der Waals surface area (Å²) in [4.78, 5) is 59.4. The highest BCUT2D eigenvalue weighted by Gasteiger charge is 2.50. The number of ether oxygens (including phenoxy) is 2. The maximum absolute atomic E-state index is 13.9. The van der Waals surface area contributed by atoms with Crippen LogP contribution in [0.25, 0.3) is 33.6 Å². The summed E-state index contributed by atoms with van der Waals surface area (Å²) in [6, 6.07) is 24.6. The summed E-state index contributed by atoms with van der Waals surface area (Å²) < 4.78 is 10.4. The third kappa shape index (κ3) is 9.48. The normalized spacial score (nSPS) is 22.0. The average molecular weight is 869 g/mol. The number of alkyl carbamates (subject to hydrolysis) is 1. The van der Waals surface area contributed by atoms with Gasteiger partial charge in [0.25, 0.3) is 0 Å².